The fourth-order valence-corrected chi connectivity index (χ4v) is 5.12. The molecule has 1 aromatic rings. The van der Waals surface area contributed by atoms with Crippen LogP contribution in [0.4, 0.5) is 0 Å². The number of methoxy groups -OCH3 is 1. The van der Waals surface area contributed by atoms with Gasteiger partial charge in [0.25, 0.3) is 0 Å². The molecule has 1 N–H and O–H groups in total. The highest BCUT2D eigenvalue weighted by atomic mass is 32.2. The minimum Gasteiger partial charge on any atom is -0.497 e. The molecule has 0 heterocycles. The smallest absolute Gasteiger partial charge is 0.221 e. The number of carbonyl (C=O) groups excluding carboxylic acids is 1. The third-order valence-corrected chi connectivity index (χ3v) is 6.49. The molecule has 4 unspecified atom stereocenters. The van der Waals surface area contributed by atoms with Crippen LogP contribution in [0, 0.1) is 17.8 Å². The highest BCUT2D eigenvalue weighted by Gasteiger charge is 2.41. The topological polar surface area (TPSA) is 38.3 Å². The lowest BCUT2D eigenvalue weighted by Gasteiger charge is -2.28. The van der Waals surface area contributed by atoms with Gasteiger partial charge < -0.3 is 10.1 Å². The maximum atomic E-state index is 12.2. The van der Waals surface area contributed by atoms with Gasteiger partial charge in [-0.05, 0) is 68.2 Å². The van der Waals surface area contributed by atoms with Crippen molar-refractivity contribution < 1.29 is 9.53 Å². The Morgan fingerprint density at radius 3 is 2.70 bits per heavy atom. The van der Waals surface area contributed by atoms with Crippen molar-refractivity contribution in [3.05, 3.63) is 24.3 Å². The molecular formula is C19H27NO2S. The van der Waals surface area contributed by atoms with Crippen LogP contribution >= 0.6 is 11.8 Å². The fourth-order valence-electron chi connectivity index (χ4n) is 4.27. The molecule has 2 aliphatic rings. The van der Waals surface area contributed by atoms with Gasteiger partial charge in [-0.2, -0.15) is 0 Å². The van der Waals surface area contributed by atoms with Crippen LogP contribution in [0.5, 0.6) is 5.75 Å². The van der Waals surface area contributed by atoms with Crippen LogP contribution in [0.3, 0.4) is 0 Å². The number of fused-ring (bicyclic) bond motifs is 2. The summed E-state index contributed by atoms with van der Waals surface area (Å²) in [5, 5.41) is 3.24. The van der Waals surface area contributed by atoms with Gasteiger partial charge in [-0.15, -0.1) is 11.8 Å². The van der Waals surface area contributed by atoms with E-state index in [1.54, 1.807) is 18.9 Å². The van der Waals surface area contributed by atoms with E-state index >= 15 is 0 Å². The normalized spacial score (nSPS) is 27.0. The zero-order chi connectivity index (χ0) is 16.2. The Balaban J connectivity index is 1.37. The van der Waals surface area contributed by atoms with E-state index in [2.05, 4.69) is 12.2 Å². The maximum absolute atomic E-state index is 12.2. The molecule has 0 radical (unpaired) electrons. The lowest BCUT2D eigenvalue weighted by molar-refractivity contribution is -0.121. The van der Waals surface area contributed by atoms with Gasteiger partial charge >= 0.3 is 0 Å². The van der Waals surface area contributed by atoms with E-state index in [4.69, 9.17) is 4.74 Å². The first-order valence-corrected chi connectivity index (χ1v) is 9.70. The second kappa shape index (κ2) is 7.61. The van der Waals surface area contributed by atoms with E-state index in [1.807, 2.05) is 24.3 Å². The monoisotopic (exact) mass is 333 g/mol. The van der Waals surface area contributed by atoms with Crippen LogP contribution in [0.15, 0.2) is 29.2 Å². The average molecular weight is 333 g/mol. The SMILES string of the molecule is COc1ccc(SCCC(=O)NC(C)C2CC3CCC2C3)cc1. The van der Waals surface area contributed by atoms with Crippen molar-refractivity contribution in [2.45, 2.75) is 50.0 Å². The predicted octanol–water partition coefficient (Wildman–Crippen LogP) is 4.12. The predicted molar refractivity (Wildman–Crippen MR) is 94.9 cm³/mol. The van der Waals surface area contributed by atoms with Gasteiger partial charge in [0.1, 0.15) is 5.75 Å². The molecule has 1 aromatic carbocycles. The quantitative estimate of drug-likeness (QED) is 0.763. The number of thioether (sulfide) groups is 1. The minimum absolute atomic E-state index is 0.196. The standard InChI is InChI=1S/C19H27NO2S/c1-13(18-12-14-3-4-15(18)11-14)20-19(21)9-10-23-17-7-5-16(22-2)6-8-17/h5-8,13-15,18H,3-4,9-12H2,1-2H3,(H,20,21). The first kappa shape index (κ1) is 16.7. The van der Waals surface area contributed by atoms with Gasteiger partial charge in [-0.1, -0.05) is 6.42 Å². The van der Waals surface area contributed by atoms with Crippen LogP contribution in [-0.2, 0) is 4.79 Å². The number of hydrogen-bond acceptors (Lipinski definition) is 3. The Kier molecular flexibility index (Phi) is 5.52. The molecule has 23 heavy (non-hydrogen) atoms. The molecular weight excluding hydrogens is 306 g/mol. The van der Waals surface area contributed by atoms with E-state index in [-0.39, 0.29) is 5.91 Å². The second-order valence-electron chi connectivity index (χ2n) is 6.97. The first-order valence-electron chi connectivity index (χ1n) is 8.72. The van der Waals surface area contributed by atoms with Crippen LogP contribution in [0.1, 0.15) is 39.0 Å². The second-order valence-corrected chi connectivity index (χ2v) is 8.14. The third-order valence-electron chi connectivity index (χ3n) is 5.48. The summed E-state index contributed by atoms with van der Waals surface area (Å²) >= 11 is 1.72. The zero-order valence-corrected chi connectivity index (χ0v) is 14.9. The zero-order valence-electron chi connectivity index (χ0n) is 14.1. The molecule has 3 nitrogen and oxygen atoms in total. The van der Waals surface area contributed by atoms with Crippen molar-refractivity contribution in [2.75, 3.05) is 12.9 Å². The molecule has 2 aliphatic carbocycles. The minimum atomic E-state index is 0.196. The van der Waals surface area contributed by atoms with Gasteiger partial charge in [-0.25, -0.2) is 0 Å². The highest BCUT2D eigenvalue weighted by Crippen LogP contribution is 2.49. The van der Waals surface area contributed by atoms with Crippen molar-refractivity contribution in [2.24, 2.45) is 17.8 Å². The summed E-state index contributed by atoms with van der Waals surface area (Å²) in [6, 6.07) is 8.33. The summed E-state index contributed by atoms with van der Waals surface area (Å²) < 4.78 is 5.15. The molecule has 0 spiro atoms. The van der Waals surface area contributed by atoms with E-state index in [0.717, 1.165) is 23.3 Å². The molecule has 126 valence electrons. The van der Waals surface area contributed by atoms with Crippen LogP contribution in [0.2, 0.25) is 0 Å². The number of nitrogens with one attached hydrogen (secondary N) is 1. The number of amides is 1. The van der Waals surface area contributed by atoms with E-state index < -0.39 is 0 Å². The van der Waals surface area contributed by atoms with Crippen molar-refractivity contribution in [3.8, 4) is 5.75 Å². The number of hydrogen-bond donors (Lipinski definition) is 1. The molecule has 0 saturated heterocycles. The fraction of sp³-hybridized carbons (Fsp3) is 0.632. The van der Waals surface area contributed by atoms with Gasteiger partial charge in [0.2, 0.25) is 5.91 Å². The van der Waals surface area contributed by atoms with Crippen molar-refractivity contribution in [1.82, 2.24) is 5.32 Å². The molecule has 2 fully saturated rings. The Morgan fingerprint density at radius 1 is 1.30 bits per heavy atom. The van der Waals surface area contributed by atoms with Crippen molar-refractivity contribution in [1.29, 1.82) is 0 Å². The van der Waals surface area contributed by atoms with Crippen LogP contribution in [0.25, 0.3) is 0 Å². The molecule has 4 heteroatoms. The average Bonchev–Trinajstić information content (AvgIpc) is 3.18. The molecule has 2 saturated carbocycles. The van der Waals surface area contributed by atoms with Crippen LogP contribution < -0.4 is 10.1 Å². The number of carbonyl (C=O) groups is 1. The Morgan fingerprint density at radius 2 is 2.09 bits per heavy atom. The molecule has 1 amide bonds. The summed E-state index contributed by atoms with van der Waals surface area (Å²) in [7, 11) is 1.67. The number of benzene rings is 1. The van der Waals surface area contributed by atoms with E-state index in [9.17, 15) is 4.79 Å². The van der Waals surface area contributed by atoms with Gasteiger partial charge in [-0.3, -0.25) is 4.79 Å². The summed E-state index contributed by atoms with van der Waals surface area (Å²) in [4.78, 5) is 13.3. The summed E-state index contributed by atoms with van der Waals surface area (Å²) in [5.74, 6) is 4.40. The molecule has 3 rings (SSSR count). The lowest BCUT2D eigenvalue weighted by atomic mass is 9.84. The number of rotatable bonds is 7. The number of ether oxygens (including phenoxy) is 1. The first-order chi connectivity index (χ1) is 11.2. The molecule has 0 aromatic heterocycles. The van der Waals surface area contributed by atoms with Crippen LogP contribution in [-0.4, -0.2) is 24.8 Å². The van der Waals surface area contributed by atoms with Gasteiger partial charge in [0.15, 0.2) is 0 Å². The lowest BCUT2D eigenvalue weighted by Crippen LogP contribution is -2.40. The third kappa shape index (κ3) is 4.23. The maximum Gasteiger partial charge on any atom is 0.221 e. The van der Waals surface area contributed by atoms with Gasteiger partial charge in [0, 0.05) is 23.1 Å². The summed E-state index contributed by atoms with van der Waals surface area (Å²) in [6.45, 7) is 2.19. The highest BCUT2D eigenvalue weighted by molar-refractivity contribution is 7.99. The van der Waals surface area contributed by atoms with Crippen molar-refractivity contribution in [3.63, 3.8) is 0 Å². The molecule has 4 atom stereocenters. The summed E-state index contributed by atoms with van der Waals surface area (Å²) in [6.07, 6.45) is 6.11. The Bertz CT molecular complexity index is 531. The van der Waals surface area contributed by atoms with Gasteiger partial charge in [0.05, 0.1) is 7.11 Å². The van der Waals surface area contributed by atoms with Crippen molar-refractivity contribution >= 4 is 17.7 Å². The molecule has 2 bridgehead atoms. The molecule has 0 aliphatic heterocycles. The van der Waals surface area contributed by atoms with E-state index in [0.29, 0.717) is 18.4 Å². The largest absolute Gasteiger partial charge is 0.497 e. The summed E-state index contributed by atoms with van der Waals surface area (Å²) in [5.41, 5.74) is 0. The van der Waals surface area contributed by atoms with E-state index in [1.165, 1.54) is 30.6 Å². The Labute approximate surface area is 143 Å². The Hall–Kier alpha value is -1.16.